The lowest BCUT2D eigenvalue weighted by molar-refractivity contribution is -0.137. The number of piperazine rings is 1. The van der Waals surface area contributed by atoms with E-state index in [4.69, 9.17) is 0 Å². The first kappa shape index (κ1) is 26.3. The fourth-order valence-electron chi connectivity index (χ4n) is 4.46. The standard InChI is InChI=1S/C27H27F3N8O/c1-3-36-7-9-37(10-8-36)23-13-21(27(28,29)30)12-22(14-23)33-26(39)20-11-25(18(2)32-16-20)38-17-24(34-35-38)19-5-4-6-31-15-19/h4-6,11-17H,3,7-10H2,1-2H3,(H,33,39). The molecule has 1 N–H and O–H groups in total. The number of benzene rings is 1. The number of hydrogen-bond donors (Lipinski definition) is 1. The number of aryl methyl sites for hydroxylation is 1. The van der Waals surface area contributed by atoms with Crippen LogP contribution in [-0.4, -0.2) is 68.5 Å². The van der Waals surface area contributed by atoms with Crippen molar-refractivity contribution in [2.75, 3.05) is 42.9 Å². The Labute approximate surface area is 223 Å². The molecule has 4 heterocycles. The largest absolute Gasteiger partial charge is 0.416 e. The van der Waals surface area contributed by atoms with E-state index >= 15 is 0 Å². The van der Waals surface area contributed by atoms with Gasteiger partial charge in [-0.1, -0.05) is 12.1 Å². The summed E-state index contributed by atoms with van der Waals surface area (Å²) in [6.07, 6.45) is 1.84. The number of alkyl halides is 3. The number of pyridine rings is 2. The monoisotopic (exact) mass is 536 g/mol. The van der Waals surface area contributed by atoms with E-state index in [0.29, 0.717) is 35.9 Å². The molecule has 1 aromatic carbocycles. The lowest BCUT2D eigenvalue weighted by Crippen LogP contribution is -2.46. The van der Waals surface area contributed by atoms with Crippen LogP contribution in [0.2, 0.25) is 0 Å². The average Bonchev–Trinajstić information content (AvgIpc) is 3.43. The van der Waals surface area contributed by atoms with Crippen LogP contribution in [0.4, 0.5) is 24.5 Å². The van der Waals surface area contributed by atoms with Gasteiger partial charge in [0.2, 0.25) is 0 Å². The Bertz CT molecular complexity index is 1460. The summed E-state index contributed by atoms with van der Waals surface area (Å²) in [5.74, 6) is -0.586. The van der Waals surface area contributed by atoms with Crippen molar-refractivity contribution in [3.05, 3.63) is 78.0 Å². The van der Waals surface area contributed by atoms with E-state index in [9.17, 15) is 18.0 Å². The highest BCUT2D eigenvalue weighted by atomic mass is 19.4. The summed E-state index contributed by atoms with van der Waals surface area (Å²) in [4.78, 5) is 25.7. The summed E-state index contributed by atoms with van der Waals surface area (Å²) in [5.41, 5.74) is 2.32. The molecule has 0 radical (unpaired) electrons. The van der Waals surface area contributed by atoms with Crippen molar-refractivity contribution in [1.82, 2.24) is 29.9 Å². The quantitative estimate of drug-likeness (QED) is 0.389. The molecule has 0 saturated carbocycles. The maximum Gasteiger partial charge on any atom is 0.416 e. The van der Waals surface area contributed by atoms with Gasteiger partial charge in [0.1, 0.15) is 5.69 Å². The Morgan fingerprint density at radius 2 is 1.87 bits per heavy atom. The number of halogens is 3. The molecule has 4 aromatic rings. The lowest BCUT2D eigenvalue weighted by atomic mass is 10.1. The van der Waals surface area contributed by atoms with Gasteiger partial charge in [0.05, 0.1) is 28.7 Å². The minimum Gasteiger partial charge on any atom is -0.369 e. The van der Waals surface area contributed by atoms with Crippen LogP contribution in [-0.2, 0) is 6.18 Å². The second-order valence-corrected chi connectivity index (χ2v) is 9.26. The third-order valence-electron chi connectivity index (χ3n) is 6.71. The topological polar surface area (TPSA) is 92.1 Å². The van der Waals surface area contributed by atoms with Crippen LogP contribution in [0.5, 0.6) is 0 Å². The first-order chi connectivity index (χ1) is 18.7. The molecule has 1 amide bonds. The van der Waals surface area contributed by atoms with E-state index in [-0.39, 0.29) is 11.3 Å². The van der Waals surface area contributed by atoms with Crippen LogP contribution >= 0.6 is 0 Å². The summed E-state index contributed by atoms with van der Waals surface area (Å²) in [7, 11) is 0. The molecule has 1 fully saturated rings. The van der Waals surface area contributed by atoms with Gasteiger partial charge in [0, 0.05) is 61.7 Å². The molecule has 5 rings (SSSR count). The first-order valence-electron chi connectivity index (χ1n) is 12.5. The second kappa shape index (κ2) is 10.8. The van der Waals surface area contributed by atoms with Crippen molar-refractivity contribution in [3.63, 3.8) is 0 Å². The number of anilines is 2. The third kappa shape index (κ3) is 5.90. The van der Waals surface area contributed by atoms with Crippen molar-refractivity contribution in [2.24, 2.45) is 0 Å². The smallest absolute Gasteiger partial charge is 0.369 e. The van der Waals surface area contributed by atoms with E-state index in [1.165, 1.54) is 10.9 Å². The molecule has 0 bridgehead atoms. The second-order valence-electron chi connectivity index (χ2n) is 9.26. The molecule has 3 aromatic heterocycles. The highest BCUT2D eigenvalue weighted by Gasteiger charge is 2.32. The van der Waals surface area contributed by atoms with Crippen LogP contribution in [0.3, 0.4) is 0 Å². The van der Waals surface area contributed by atoms with Gasteiger partial charge in [-0.2, -0.15) is 13.2 Å². The lowest BCUT2D eigenvalue weighted by Gasteiger charge is -2.36. The van der Waals surface area contributed by atoms with E-state index in [2.05, 4.69) is 37.4 Å². The molecule has 0 atom stereocenters. The zero-order valence-corrected chi connectivity index (χ0v) is 21.5. The maximum absolute atomic E-state index is 13.7. The molecule has 1 aliphatic rings. The number of nitrogens with one attached hydrogen (secondary N) is 1. The molecule has 12 heteroatoms. The molecular formula is C27H27F3N8O. The molecular weight excluding hydrogens is 509 g/mol. The van der Waals surface area contributed by atoms with Gasteiger partial charge in [-0.25, -0.2) is 4.68 Å². The predicted molar refractivity (Wildman–Crippen MR) is 141 cm³/mol. The molecule has 9 nitrogen and oxygen atoms in total. The molecule has 1 saturated heterocycles. The van der Waals surface area contributed by atoms with E-state index < -0.39 is 17.6 Å². The molecule has 39 heavy (non-hydrogen) atoms. The molecule has 0 aliphatic carbocycles. The van der Waals surface area contributed by atoms with Gasteiger partial charge >= 0.3 is 6.18 Å². The summed E-state index contributed by atoms with van der Waals surface area (Å²) in [6.45, 7) is 7.44. The fourth-order valence-corrected chi connectivity index (χ4v) is 4.46. The number of nitrogens with zero attached hydrogens (tertiary/aromatic N) is 7. The molecule has 0 unspecified atom stereocenters. The van der Waals surface area contributed by atoms with E-state index in [1.54, 1.807) is 43.7 Å². The van der Waals surface area contributed by atoms with Gasteiger partial charge in [-0.05, 0) is 49.9 Å². The van der Waals surface area contributed by atoms with Crippen LogP contribution < -0.4 is 10.2 Å². The average molecular weight is 537 g/mol. The van der Waals surface area contributed by atoms with Gasteiger partial charge in [0.25, 0.3) is 5.91 Å². The number of amides is 1. The van der Waals surface area contributed by atoms with E-state index in [1.807, 2.05) is 11.0 Å². The molecule has 1 aliphatic heterocycles. The van der Waals surface area contributed by atoms with Crippen LogP contribution in [0.15, 0.2) is 61.2 Å². The van der Waals surface area contributed by atoms with Gasteiger partial charge in [-0.3, -0.25) is 14.8 Å². The molecule has 202 valence electrons. The minimum absolute atomic E-state index is 0.0597. The first-order valence-corrected chi connectivity index (χ1v) is 12.5. The predicted octanol–water partition coefficient (Wildman–Crippen LogP) is 4.45. The van der Waals surface area contributed by atoms with Gasteiger partial charge in [-0.15, -0.1) is 5.10 Å². The Balaban J connectivity index is 1.40. The van der Waals surface area contributed by atoms with Crippen molar-refractivity contribution in [2.45, 2.75) is 20.0 Å². The highest BCUT2D eigenvalue weighted by Crippen LogP contribution is 2.35. The Morgan fingerprint density at radius 3 is 2.56 bits per heavy atom. The summed E-state index contributed by atoms with van der Waals surface area (Å²) < 4.78 is 42.7. The molecule has 0 spiro atoms. The van der Waals surface area contributed by atoms with Crippen molar-refractivity contribution in [3.8, 4) is 16.9 Å². The zero-order chi connectivity index (χ0) is 27.6. The number of likely N-dealkylation sites (N-methyl/N-ethyl adjacent to an activating group) is 1. The SMILES string of the molecule is CCN1CCN(c2cc(NC(=O)c3cnc(C)c(-n4cc(-c5cccnc5)nn4)c3)cc(C(F)(F)F)c2)CC1. The Kier molecular flexibility index (Phi) is 7.29. The Morgan fingerprint density at radius 1 is 1.08 bits per heavy atom. The fraction of sp³-hybridized carbons (Fsp3) is 0.296. The van der Waals surface area contributed by atoms with Gasteiger partial charge in [0.15, 0.2) is 0 Å². The van der Waals surface area contributed by atoms with Crippen molar-refractivity contribution in [1.29, 1.82) is 0 Å². The number of hydrogen-bond acceptors (Lipinski definition) is 7. The maximum atomic E-state index is 13.7. The zero-order valence-electron chi connectivity index (χ0n) is 21.5. The van der Waals surface area contributed by atoms with Crippen LogP contribution in [0.25, 0.3) is 16.9 Å². The number of carbonyl (C=O) groups excluding carboxylic acids is 1. The van der Waals surface area contributed by atoms with Crippen molar-refractivity contribution >= 4 is 17.3 Å². The normalized spacial score (nSPS) is 14.4. The summed E-state index contributed by atoms with van der Waals surface area (Å²) in [6, 6.07) is 8.88. The number of carbonyl (C=O) groups is 1. The minimum atomic E-state index is -4.56. The highest BCUT2D eigenvalue weighted by molar-refractivity contribution is 6.04. The summed E-state index contributed by atoms with van der Waals surface area (Å²) >= 11 is 0. The van der Waals surface area contributed by atoms with Gasteiger partial charge < -0.3 is 15.1 Å². The third-order valence-corrected chi connectivity index (χ3v) is 6.71. The van der Waals surface area contributed by atoms with Crippen LogP contribution in [0, 0.1) is 6.92 Å². The number of rotatable bonds is 6. The summed E-state index contributed by atoms with van der Waals surface area (Å²) in [5, 5.41) is 11.0. The number of aromatic nitrogens is 5. The van der Waals surface area contributed by atoms with E-state index in [0.717, 1.165) is 37.3 Å². The van der Waals surface area contributed by atoms with Crippen LogP contribution in [0.1, 0.15) is 28.5 Å². The van der Waals surface area contributed by atoms with Crippen molar-refractivity contribution < 1.29 is 18.0 Å². The Hall–Kier alpha value is -4.32.